The maximum absolute atomic E-state index is 13.6. The summed E-state index contributed by atoms with van der Waals surface area (Å²) in [6, 6.07) is 22.8. The fourth-order valence-electron chi connectivity index (χ4n) is 7.39. The topological polar surface area (TPSA) is 43.1 Å². The molecule has 0 aliphatic carbocycles. The molecular formula is C39H33F9N4O. The van der Waals surface area contributed by atoms with Crippen molar-refractivity contribution < 1.29 is 44.3 Å². The Kier molecular flexibility index (Phi) is 9.70. The van der Waals surface area contributed by atoms with E-state index in [9.17, 15) is 39.5 Å². The molecule has 14 heteroatoms. The van der Waals surface area contributed by atoms with Crippen LogP contribution in [0.25, 0.3) is 44.1 Å². The van der Waals surface area contributed by atoms with E-state index in [2.05, 4.69) is 26.0 Å². The van der Waals surface area contributed by atoms with Gasteiger partial charge in [-0.1, -0.05) is 60.7 Å². The Hall–Kier alpha value is -4.95. The van der Waals surface area contributed by atoms with Crippen LogP contribution < -0.4 is 15.4 Å². The molecule has 0 fully saturated rings. The summed E-state index contributed by atoms with van der Waals surface area (Å²) >= 11 is 0. The third-order valence-corrected chi connectivity index (χ3v) is 9.50. The number of hydrogen-bond donors (Lipinski definition) is 2. The van der Waals surface area contributed by atoms with E-state index in [0.29, 0.717) is 54.7 Å². The van der Waals surface area contributed by atoms with Gasteiger partial charge in [-0.15, -0.1) is 13.2 Å². The molecule has 4 heterocycles. The molecule has 0 amide bonds. The third kappa shape index (κ3) is 7.47. The van der Waals surface area contributed by atoms with Gasteiger partial charge < -0.3 is 24.5 Å². The first-order chi connectivity index (χ1) is 25.2. The second-order valence-corrected chi connectivity index (χ2v) is 12.8. The van der Waals surface area contributed by atoms with Gasteiger partial charge in [0.25, 0.3) is 0 Å². The van der Waals surface area contributed by atoms with Gasteiger partial charge in [0.15, 0.2) is 0 Å². The number of aromatic nitrogens is 2. The molecule has 0 unspecified atom stereocenters. The molecule has 8 rings (SSSR count). The van der Waals surface area contributed by atoms with Crippen molar-refractivity contribution in [3.8, 4) is 28.0 Å². The second kappa shape index (κ2) is 14.1. The van der Waals surface area contributed by atoms with Crippen molar-refractivity contribution in [2.75, 3.05) is 26.2 Å². The Labute approximate surface area is 298 Å². The standard InChI is InChI=1S/C20H16F6N2.C19H17F3N2O/c21-19(22,23)15-5-2-6-16(20(24,25)26)17(15)14-4-1-3-12-11-13-7-8-27-9-10-28(13)18(12)14;20-19(21,22)25-17-7-2-1-5-15(17)16-6-3-4-13-12-14-8-9-23-10-11-24(14)18(13)16/h1-6,11,27H,7-10H2;1-7,12,23H,8-11H2. The highest BCUT2D eigenvalue weighted by molar-refractivity contribution is 5.98. The molecule has 6 aromatic rings. The van der Waals surface area contributed by atoms with Crippen LogP contribution in [0.15, 0.2) is 91.0 Å². The largest absolute Gasteiger partial charge is 0.573 e. The van der Waals surface area contributed by atoms with E-state index in [1.165, 1.54) is 23.9 Å². The van der Waals surface area contributed by atoms with Gasteiger partial charge in [0.2, 0.25) is 0 Å². The van der Waals surface area contributed by atoms with Crippen LogP contribution in [0.5, 0.6) is 5.75 Å². The lowest BCUT2D eigenvalue weighted by atomic mass is 9.92. The van der Waals surface area contributed by atoms with E-state index in [0.717, 1.165) is 54.3 Å². The summed E-state index contributed by atoms with van der Waals surface area (Å²) in [6.07, 6.45) is -13.0. The van der Waals surface area contributed by atoms with Crippen molar-refractivity contribution in [3.63, 3.8) is 0 Å². The van der Waals surface area contributed by atoms with Crippen molar-refractivity contribution in [1.82, 2.24) is 19.8 Å². The zero-order valence-electron chi connectivity index (χ0n) is 28.0. The minimum absolute atomic E-state index is 0.0501. The predicted molar refractivity (Wildman–Crippen MR) is 185 cm³/mol. The van der Waals surface area contributed by atoms with Crippen LogP contribution >= 0.6 is 0 Å². The van der Waals surface area contributed by atoms with Gasteiger partial charge in [0.1, 0.15) is 5.75 Å². The highest BCUT2D eigenvalue weighted by Gasteiger charge is 2.41. The van der Waals surface area contributed by atoms with Crippen LogP contribution in [-0.4, -0.2) is 41.7 Å². The molecular weight excluding hydrogens is 711 g/mol. The number of fused-ring (bicyclic) bond motifs is 6. The summed E-state index contributed by atoms with van der Waals surface area (Å²) in [6.45, 7) is 4.31. The number of nitrogens with zero attached hydrogens (tertiary/aromatic N) is 2. The van der Waals surface area contributed by atoms with E-state index >= 15 is 0 Å². The van der Waals surface area contributed by atoms with Crippen molar-refractivity contribution in [1.29, 1.82) is 0 Å². The maximum atomic E-state index is 13.6. The summed E-state index contributed by atoms with van der Waals surface area (Å²) in [5.41, 5.74) is 1.23. The number of alkyl halides is 9. The minimum Gasteiger partial charge on any atom is -0.405 e. The maximum Gasteiger partial charge on any atom is 0.573 e. The molecule has 2 N–H and O–H groups in total. The molecule has 2 aliphatic rings. The van der Waals surface area contributed by atoms with Crippen LogP contribution in [0.2, 0.25) is 0 Å². The highest BCUT2D eigenvalue weighted by atomic mass is 19.4. The monoisotopic (exact) mass is 744 g/mol. The van der Waals surface area contributed by atoms with Crippen LogP contribution in [0.1, 0.15) is 22.5 Å². The molecule has 5 nitrogen and oxygen atoms in total. The molecule has 0 atom stereocenters. The molecule has 4 aromatic carbocycles. The lowest BCUT2D eigenvalue weighted by Crippen LogP contribution is -2.18. The van der Waals surface area contributed by atoms with Gasteiger partial charge in [0.05, 0.1) is 22.2 Å². The first-order valence-electron chi connectivity index (χ1n) is 17.0. The van der Waals surface area contributed by atoms with Gasteiger partial charge in [-0.2, -0.15) is 26.3 Å². The molecule has 2 aromatic heterocycles. The quantitative estimate of drug-likeness (QED) is 0.178. The normalized spacial score (nSPS) is 15.3. The number of halogens is 9. The van der Waals surface area contributed by atoms with E-state index in [1.54, 1.807) is 24.3 Å². The predicted octanol–water partition coefficient (Wildman–Crippen LogP) is 9.84. The van der Waals surface area contributed by atoms with E-state index in [4.69, 9.17) is 0 Å². The number of hydrogen-bond acceptors (Lipinski definition) is 3. The smallest absolute Gasteiger partial charge is 0.405 e. The average Bonchev–Trinajstić information content (AvgIpc) is 3.42. The summed E-state index contributed by atoms with van der Waals surface area (Å²) in [4.78, 5) is 0. The summed E-state index contributed by atoms with van der Waals surface area (Å²) in [5, 5.41) is 8.22. The molecule has 0 radical (unpaired) electrons. The van der Waals surface area contributed by atoms with Gasteiger partial charge in [0, 0.05) is 96.5 Å². The zero-order valence-corrected chi connectivity index (χ0v) is 28.0. The van der Waals surface area contributed by atoms with Crippen molar-refractivity contribution in [2.24, 2.45) is 0 Å². The van der Waals surface area contributed by atoms with Crippen molar-refractivity contribution in [2.45, 2.75) is 44.6 Å². The lowest BCUT2D eigenvalue weighted by Gasteiger charge is -2.20. The first kappa shape index (κ1) is 36.4. The Bertz CT molecular complexity index is 2230. The number of benzene rings is 4. The Morgan fingerprint density at radius 1 is 0.509 bits per heavy atom. The first-order valence-corrected chi connectivity index (χ1v) is 17.0. The molecule has 53 heavy (non-hydrogen) atoms. The fraction of sp³-hybridized carbons (Fsp3) is 0.282. The molecule has 0 saturated heterocycles. The van der Waals surface area contributed by atoms with Crippen molar-refractivity contribution >= 4 is 21.8 Å². The SMILES string of the molecule is FC(F)(F)Oc1ccccc1-c1cccc2cc3n(c12)CCNCC3.FC(F)(F)c1cccc(C(F)(F)F)c1-c1cccc2cc3n(c12)CCNCC3. The van der Waals surface area contributed by atoms with E-state index < -0.39 is 35.4 Å². The number of para-hydroxylation sites is 3. The number of ether oxygens (including phenoxy) is 1. The molecule has 0 spiro atoms. The molecule has 2 aliphatic heterocycles. The average molecular weight is 745 g/mol. The van der Waals surface area contributed by atoms with Crippen molar-refractivity contribution in [3.05, 3.63) is 114 Å². The highest BCUT2D eigenvalue weighted by Crippen LogP contribution is 2.46. The van der Waals surface area contributed by atoms with Crippen LogP contribution in [0, 0.1) is 0 Å². The third-order valence-electron chi connectivity index (χ3n) is 9.50. The lowest BCUT2D eigenvalue weighted by molar-refractivity contribution is -0.274. The zero-order chi connectivity index (χ0) is 37.5. The molecule has 278 valence electrons. The van der Waals surface area contributed by atoms with E-state index in [-0.39, 0.29) is 11.3 Å². The number of nitrogens with one attached hydrogen (secondary N) is 2. The minimum atomic E-state index is -4.91. The Balaban J connectivity index is 0.000000165. The summed E-state index contributed by atoms with van der Waals surface area (Å²) in [7, 11) is 0. The fourth-order valence-corrected chi connectivity index (χ4v) is 7.39. The van der Waals surface area contributed by atoms with Crippen LogP contribution in [0.4, 0.5) is 39.5 Å². The Morgan fingerprint density at radius 2 is 0.981 bits per heavy atom. The number of rotatable bonds is 3. The van der Waals surface area contributed by atoms with E-state index in [1.807, 2.05) is 28.8 Å². The van der Waals surface area contributed by atoms with Crippen LogP contribution in [0.3, 0.4) is 0 Å². The summed E-state index contributed by atoms with van der Waals surface area (Å²) in [5.74, 6) is -0.176. The van der Waals surface area contributed by atoms with Gasteiger partial charge >= 0.3 is 18.7 Å². The Morgan fingerprint density at radius 3 is 1.51 bits per heavy atom. The molecule has 0 bridgehead atoms. The van der Waals surface area contributed by atoms with Gasteiger partial charge in [-0.3, -0.25) is 0 Å². The summed E-state index contributed by atoms with van der Waals surface area (Å²) < 4.78 is 129. The second-order valence-electron chi connectivity index (χ2n) is 12.8. The van der Waals surface area contributed by atoms with Crippen LogP contribution in [-0.2, 0) is 38.3 Å². The van der Waals surface area contributed by atoms with Gasteiger partial charge in [-0.25, -0.2) is 0 Å². The molecule has 0 saturated carbocycles. The van der Waals surface area contributed by atoms with Gasteiger partial charge in [-0.05, 0) is 30.3 Å².